The maximum atomic E-state index is 13.2. The zero-order valence-electron chi connectivity index (χ0n) is 18.0. The Morgan fingerprint density at radius 1 is 1.10 bits per heavy atom. The number of carbonyl (C=O) groups excluding carboxylic acids is 2. The van der Waals surface area contributed by atoms with E-state index in [0.29, 0.717) is 41.1 Å². The average Bonchev–Trinajstić information content (AvgIpc) is 2.76. The van der Waals surface area contributed by atoms with E-state index in [0.717, 1.165) is 11.1 Å². The van der Waals surface area contributed by atoms with Crippen molar-refractivity contribution < 1.29 is 14.3 Å². The van der Waals surface area contributed by atoms with Crippen LogP contribution in [0.15, 0.2) is 42.5 Å². The van der Waals surface area contributed by atoms with E-state index in [4.69, 9.17) is 27.9 Å². The van der Waals surface area contributed by atoms with Crippen LogP contribution in [0.2, 0.25) is 10.0 Å². The molecular formula is C23H28Cl2N2O3S. The molecule has 0 aliphatic carbocycles. The number of benzene rings is 2. The molecule has 0 fully saturated rings. The number of thioether (sulfide) groups is 1. The van der Waals surface area contributed by atoms with E-state index < -0.39 is 6.04 Å². The number of amides is 2. The number of nitrogens with zero attached hydrogens (tertiary/aromatic N) is 1. The van der Waals surface area contributed by atoms with Crippen LogP contribution < -0.4 is 10.1 Å². The Kier molecular flexibility index (Phi) is 10.5. The normalized spacial score (nSPS) is 11.6. The van der Waals surface area contributed by atoms with E-state index in [-0.39, 0.29) is 17.6 Å². The van der Waals surface area contributed by atoms with Crippen molar-refractivity contribution in [2.24, 2.45) is 0 Å². The fraction of sp³-hybridized carbons (Fsp3) is 0.391. The second kappa shape index (κ2) is 12.8. The molecule has 1 atom stereocenters. The zero-order chi connectivity index (χ0) is 22.8. The Hall–Kier alpha value is -1.89. The van der Waals surface area contributed by atoms with Crippen LogP contribution >= 0.6 is 35.0 Å². The van der Waals surface area contributed by atoms with Crippen LogP contribution in [0.25, 0.3) is 0 Å². The van der Waals surface area contributed by atoms with Gasteiger partial charge in [0.25, 0.3) is 0 Å². The lowest BCUT2D eigenvalue weighted by molar-refractivity contribution is -0.139. The van der Waals surface area contributed by atoms with Crippen molar-refractivity contribution in [3.8, 4) is 5.75 Å². The molecule has 0 heterocycles. The molecule has 1 N–H and O–H groups in total. The molecule has 0 saturated carbocycles. The number of carbonyl (C=O) groups is 2. The van der Waals surface area contributed by atoms with Crippen molar-refractivity contribution >= 4 is 46.8 Å². The Morgan fingerprint density at radius 2 is 1.87 bits per heavy atom. The summed E-state index contributed by atoms with van der Waals surface area (Å²) in [7, 11) is 1.60. The molecule has 2 rings (SSSR count). The lowest BCUT2D eigenvalue weighted by Crippen LogP contribution is -2.49. The smallest absolute Gasteiger partial charge is 0.242 e. The predicted octanol–water partition coefficient (Wildman–Crippen LogP) is 5.18. The molecule has 5 nitrogen and oxygen atoms in total. The summed E-state index contributed by atoms with van der Waals surface area (Å²) in [5.41, 5.74) is 1.90. The van der Waals surface area contributed by atoms with Crippen LogP contribution in [-0.4, -0.2) is 42.2 Å². The van der Waals surface area contributed by atoms with Crippen LogP contribution in [0, 0.1) is 0 Å². The number of likely N-dealkylation sites (N-methyl/N-ethyl adjacent to an activating group) is 1. The SMILES string of the molecule is CCNC(=O)[C@H](CC)N(Cc1cccc(OC)c1)C(=O)CSCc1ccc(Cl)c(Cl)c1. The van der Waals surface area contributed by atoms with Crippen LogP contribution in [0.5, 0.6) is 5.75 Å². The lowest BCUT2D eigenvalue weighted by Gasteiger charge is -2.30. The van der Waals surface area contributed by atoms with E-state index in [1.54, 1.807) is 24.1 Å². The van der Waals surface area contributed by atoms with Gasteiger partial charge in [0.15, 0.2) is 0 Å². The number of rotatable bonds is 11. The van der Waals surface area contributed by atoms with Gasteiger partial charge in [0, 0.05) is 18.8 Å². The summed E-state index contributed by atoms with van der Waals surface area (Å²) in [5, 5.41) is 3.84. The maximum Gasteiger partial charge on any atom is 0.242 e. The number of hydrogen-bond donors (Lipinski definition) is 1. The van der Waals surface area contributed by atoms with Gasteiger partial charge >= 0.3 is 0 Å². The van der Waals surface area contributed by atoms with E-state index in [2.05, 4.69) is 5.32 Å². The van der Waals surface area contributed by atoms with Crippen LogP contribution in [-0.2, 0) is 21.9 Å². The van der Waals surface area contributed by atoms with Crippen molar-refractivity contribution in [1.29, 1.82) is 0 Å². The van der Waals surface area contributed by atoms with Crippen molar-refractivity contribution in [3.05, 3.63) is 63.6 Å². The highest BCUT2D eigenvalue weighted by Crippen LogP contribution is 2.25. The molecule has 2 aromatic carbocycles. The van der Waals surface area contributed by atoms with Crippen LogP contribution in [0.4, 0.5) is 0 Å². The Labute approximate surface area is 198 Å². The van der Waals surface area contributed by atoms with Gasteiger partial charge in [-0.2, -0.15) is 0 Å². The molecule has 0 spiro atoms. The molecule has 0 saturated heterocycles. The molecular weight excluding hydrogens is 455 g/mol. The summed E-state index contributed by atoms with van der Waals surface area (Å²) in [6.45, 7) is 4.63. The Morgan fingerprint density at radius 3 is 2.52 bits per heavy atom. The molecule has 0 aromatic heterocycles. The quantitative estimate of drug-likeness (QED) is 0.479. The minimum Gasteiger partial charge on any atom is -0.497 e. The highest BCUT2D eigenvalue weighted by molar-refractivity contribution is 7.99. The van der Waals surface area contributed by atoms with Gasteiger partial charge in [0.1, 0.15) is 11.8 Å². The van der Waals surface area contributed by atoms with E-state index in [1.807, 2.05) is 44.2 Å². The van der Waals surface area contributed by atoms with Crippen LogP contribution in [0.3, 0.4) is 0 Å². The largest absolute Gasteiger partial charge is 0.497 e. The first-order valence-electron chi connectivity index (χ1n) is 10.1. The molecule has 8 heteroatoms. The number of hydrogen-bond acceptors (Lipinski definition) is 4. The van der Waals surface area contributed by atoms with Gasteiger partial charge in [0.2, 0.25) is 11.8 Å². The molecule has 0 aliphatic rings. The first-order valence-corrected chi connectivity index (χ1v) is 12.0. The summed E-state index contributed by atoms with van der Waals surface area (Å²) in [5.74, 6) is 1.35. The van der Waals surface area contributed by atoms with E-state index in [9.17, 15) is 9.59 Å². The van der Waals surface area contributed by atoms with Gasteiger partial charge in [-0.3, -0.25) is 9.59 Å². The number of halogens is 2. The van der Waals surface area contributed by atoms with Crippen molar-refractivity contribution in [2.45, 2.75) is 38.6 Å². The fourth-order valence-electron chi connectivity index (χ4n) is 3.15. The van der Waals surface area contributed by atoms with Gasteiger partial charge < -0.3 is 15.0 Å². The topological polar surface area (TPSA) is 58.6 Å². The third kappa shape index (κ3) is 7.63. The van der Waals surface area contributed by atoms with Gasteiger partial charge in [-0.1, -0.05) is 48.3 Å². The fourth-order valence-corrected chi connectivity index (χ4v) is 4.33. The second-order valence-corrected chi connectivity index (χ2v) is 8.73. The Balaban J connectivity index is 2.13. The molecule has 168 valence electrons. The molecule has 0 radical (unpaired) electrons. The number of methoxy groups -OCH3 is 1. The van der Waals surface area contributed by atoms with Crippen LogP contribution in [0.1, 0.15) is 31.4 Å². The highest BCUT2D eigenvalue weighted by atomic mass is 35.5. The van der Waals surface area contributed by atoms with Crippen molar-refractivity contribution in [3.63, 3.8) is 0 Å². The number of ether oxygens (including phenoxy) is 1. The average molecular weight is 483 g/mol. The third-order valence-electron chi connectivity index (χ3n) is 4.70. The lowest BCUT2D eigenvalue weighted by atomic mass is 10.1. The third-order valence-corrected chi connectivity index (χ3v) is 6.43. The first-order chi connectivity index (χ1) is 14.9. The van der Waals surface area contributed by atoms with Crippen molar-refractivity contribution in [1.82, 2.24) is 10.2 Å². The van der Waals surface area contributed by atoms with Gasteiger partial charge in [-0.25, -0.2) is 0 Å². The molecule has 31 heavy (non-hydrogen) atoms. The first kappa shape index (κ1) is 25.4. The van der Waals surface area contributed by atoms with Gasteiger partial charge in [-0.05, 0) is 48.7 Å². The molecule has 0 aliphatic heterocycles. The molecule has 2 amide bonds. The standard InChI is InChI=1S/C23H28Cl2N2O3S/c1-4-21(23(29)26-5-2)27(13-16-7-6-8-18(11-16)30-3)22(28)15-31-14-17-9-10-19(24)20(25)12-17/h6-12,21H,4-5,13-15H2,1-3H3,(H,26,29)/t21-/m0/s1. The van der Waals surface area contributed by atoms with E-state index in [1.165, 1.54) is 11.8 Å². The summed E-state index contributed by atoms with van der Waals surface area (Å²) in [6.07, 6.45) is 0.527. The van der Waals surface area contributed by atoms with Gasteiger partial charge in [-0.15, -0.1) is 11.8 Å². The highest BCUT2D eigenvalue weighted by Gasteiger charge is 2.28. The summed E-state index contributed by atoms with van der Waals surface area (Å²) >= 11 is 13.5. The summed E-state index contributed by atoms with van der Waals surface area (Å²) in [6, 6.07) is 12.4. The summed E-state index contributed by atoms with van der Waals surface area (Å²) in [4.78, 5) is 27.5. The minimum absolute atomic E-state index is 0.0917. The monoisotopic (exact) mass is 482 g/mol. The second-order valence-electron chi connectivity index (χ2n) is 6.93. The maximum absolute atomic E-state index is 13.2. The predicted molar refractivity (Wildman–Crippen MR) is 129 cm³/mol. The minimum atomic E-state index is -0.538. The molecule has 0 unspecified atom stereocenters. The molecule has 0 bridgehead atoms. The molecule has 2 aromatic rings. The number of nitrogens with one attached hydrogen (secondary N) is 1. The summed E-state index contributed by atoms with van der Waals surface area (Å²) < 4.78 is 5.29. The van der Waals surface area contributed by atoms with Crippen molar-refractivity contribution in [2.75, 3.05) is 19.4 Å². The zero-order valence-corrected chi connectivity index (χ0v) is 20.3. The van der Waals surface area contributed by atoms with E-state index >= 15 is 0 Å². The van der Waals surface area contributed by atoms with Gasteiger partial charge in [0.05, 0.1) is 22.9 Å². The Bertz CT molecular complexity index is 895.